The summed E-state index contributed by atoms with van der Waals surface area (Å²) in [4.78, 5) is 11.6. The van der Waals surface area contributed by atoms with Gasteiger partial charge in [0.05, 0.1) is 0 Å². The first kappa shape index (κ1) is 14.5. The molecule has 1 nitrogen and oxygen atoms in total. The molecule has 0 aromatic heterocycles. The highest BCUT2D eigenvalue weighted by Gasteiger charge is 2.39. The molecule has 0 amide bonds. The van der Waals surface area contributed by atoms with Crippen molar-refractivity contribution in [3.8, 4) is 0 Å². The fraction of sp³-hybridized carbons (Fsp3) is 0.812. The maximum atomic E-state index is 11.6. The van der Waals surface area contributed by atoms with E-state index in [0.29, 0.717) is 23.7 Å². The van der Waals surface area contributed by atoms with Gasteiger partial charge in [-0.05, 0) is 48.5 Å². The van der Waals surface area contributed by atoms with Gasteiger partial charge in [0.2, 0.25) is 0 Å². The molecular weight excluding hydrogens is 208 g/mol. The van der Waals surface area contributed by atoms with E-state index in [4.69, 9.17) is 0 Å². The molecule has 1 fully saturated rings. The average molecular weight is 236 g/mol. The summed E-state index contributed by atoms with van der Waals surface area (Å²) < 4.78 is 0. The number of carbonyl (C=O) groups excluding carboxylic acids is 1. The molecule has 0 radical (unpaired) electrons. The Morgan fingerprint density at radius 2 is 1.94 bits per heavy atom. The molecule has 1 rings (SSSR count). The topological polar surface area (TPSA) is 17.1 Å². The summed E-state index contributed by atoms with van der Waals surface area (Å²) in [5, 5.41) is 0. The molecule has 1 aliphatic rings. The van der Waals surface area contributed by atoms with Crippen LogP contribution in [0.2, 0.25) is 0 Å². The van der Waals surface area contributed by atoms with Crippen molar-refractivity contribution in [2.45, 2.75) is 60.3 Å². The van der Waals surface area contributed by atoms with Crippen LogP contribution in [0, 0.1) is 23.2 Å². The highest BCUT2D eigenvalue weighted by atomic mass is 16.1. The van der Waals surface area contributed by atoms with Crippen LogP contribution < -0.4 is 0 Å². The van der Waals surface area contributed by atoms with Gasteiger partial charge in [-0.2, -0.15) is 0 Å². The van der Waals surface area contributed by atoms with Crippen molar-refractivity contribution in [1.29, 1.82) is 0 Å². The lowest BCUT2D eigenvalue weighted by atomic mass is 9.59. The molecule has 3 atom stereocenters. The van der Waals surface area contributed by atoms with Crippen molar-refractivity contribution in [2.75, 3.05) is 0 Å². The van der Waals surface area contributed by atoms with Crippen LogP contribution in [0.4, 0.5) is 0 Å². The molecule has 0 bridgehead atoms. The molecule has 17 heavy (non-hydrogen) atoms. The smallest absolute Gasteiger partial charge is 0.155 e. The summed E-state index contributed by atoms with van der Waals surface area (Å²) in [6.07, 6.45) is 8.28. The van der Waals surface area contributed by atoms with Crippen molar-refractivity contribution in [3.05, 3.63) is 12.2 Å². The van der Waals surface area contributed by atoms with Crippen molar-refractivity contribution < 1.29 is 4.79 Å². The summed E-state index contributed by atoms with van der Waals surface area (Å²) in [5.74, 6) is 2.28. The fourth-order valence-electron chi connectivity index (χ4n) is 3.10. The number of carbonyl (C=O) groups is 1. The predicted molar refractivity (Wildman–Crippen MR) is 73.9 cm³/mol. The standard InChI is InChI=1S/C16H28O/c1-6-7-14(17)10-11-15-12(2)8-9-13(3)16(15,4)5/h10-13,15H,6-9H2,1-5H3. The van der Waals surface area contributed by atoms with Crippen LogP contribution in [0.3, 0.4) is 0 Å². The van der Waals surface area contributed by atoms with E-state index in [-0.39, 0.29) is 5.78 Å². The third-order valence-corrected chi connectivity index (χ3v) is 4.78. The molecule has 1 saturated carbocycles. The van der Waals surface area contributed by atoms with Crippen LogP contribution in [0.25, 0.3) is 0 Å². The van der Waals surface area contributed by atoms with E-state index >= 15 is 0 Å². The quantitative estimate of drug-likeness (QED) is 0.651. The minimum absolute atomic E-state index is 0.286. The second-order valence-corrected chi connectivity index (χ2v) is 6.38. The molecule has 0 N–H and O–H groups in total. The maximum Gasteiger partial charge on any atom is 0.155 e. The summed E-state index contributed by atoms with van der Waals surface area (Å²) in [5.41, 5.74) is 0.320. The Labute approximate surface area is 107 Å². The zero-order valence-electron chi connectivity index (χ0n) is 12.1. The van der Waals surface area contributed by atoms with E-state index in [0.717, 1.165) is 12.3 Å². The Balaban J connectivity index is 2.75. The second-order valence-electron chi connectivity index (χ2n) is 6.38. The summed E-state index contributed by atoms with van der Waals surface area (Å²) >= 11 is 0. The number of hydrogen-bond acceptors (Lipinski definition) is 1. The van der Waals surface area contributed by atoms with Crippen LogP contribution in [-0.2, 0) is 4.79 Å². The molecule has 0 aromatic carbocycles. The van der Waals surface area contributed by atoms with Gasteiger partial charge >= 0.3 is 0 Å². The monoisotopic (exact) mass is 236 g/mol. The highest BCUT2D eigenvalue weighted by molar-refractivity contribution is 5.89. The molecule has 0 aromatic rings. The zero-order valence-corrected chi connectivity index (χ0v) is 12.1. The summed E-state index contributed by atoms with van der Waals surface area (Å²) in [7, 11) is 0. The highest BCUT2D eigenvalue weighted by Crippen LogP contribution is 2.48. The largest absolute Gasteiger partial charge is 0.295 e. The lowest BCUT2D eigenvalue weighted by Crippen LogP contribution is -2.38. The van der Waals surface area contributed by atoms with Gasteiger partial charge in [-0.15, -0.1) is 0 Å². The van der Waals surface area contributed by atoms with Crippen LogP contribution in [0.1, 0.15) is 60.3 Å². The molecule has 0 aliphatic heterocycles. The Hall–Kier alpha value is -0.590. The predicted octanol–water partition coefficient (Wildman–Crippen LogP) is 4.62. The van der Waals surface area contributed by atoms with E-state index in [2.05, 4.69) is 40.7 Å². The van der Waals surface area contributed by atoms with Crippen LogP contribution in [0.15, 0.2) is 12.2 Å². The van der Waals surface area contributed by atoms with Gasteiger partial charge in [-0.25, -0.2) is 0 Å². The Morgan fingerprint density at radius 1 is 1.29 bits per heavy atom. The van der Waals surface area contributed by atoms with Crippen LogP contribution in [0.5, 0.6) is 0 Å². The molecule has 1 heteroatoms. The van der Waals surface area contributed by atoms with E-state index in [1.807, 2.05) is 6.08 Å². The first-order valence-electron chi connectivity index (χ1n) is 7.10. The van der Waals surface area contributed by atoms with Gasteiger partial charge in [-0.1, -0.05) is 40.7 Å². The van der Waals surface area contributed by atoms with Crippen LogP contribution in [-0.4, -0.2) is 5.78 Å². The fourth-order valence-corrected chi connectivity index (χ4v) is 3.10. The van der Waals surface area contributed by atoms with Crippen molar-refractivity contribution in [3.63, 3.8) is 0 Å². The Kier molecular flexibility index (Phi) is 4.97. The number of hydrogen-bond donors (Lipinski definition) is 0. The van der Waals surface area contributed by atoms with E-state index < -0.39 is 0 Å². The van der Waals surface area contributed by atoms with Gasteiger partial charge in [0, 0.05) is 6.42 Å². The van der Waals surface area contributed by atoms with Crippen molar-refractivity contribution in [1.82, 2.24) is 0 Å². The van der Waals surface area contributed by atoms with Crippen molar-refractivity contribution in [2.24, 2.45) is 23.2 Å². The van der Waals surface area contributed by atoms with E-state index in [1.54, 1.807) is 0 Å². The third kappa shape index (κ3) is 3.43. The number of rotatable bonds is 4. The molecule has 0 heterocycles. The lowest BCUT2D eigenvalue weighted by molar-refractivity contribution is -0.114. The normalized spacial score (nSPS) is 32.9. The summed E-state index contributed by atoms with van der Waals surface area (Å²) in [6.45, 7) is 11.4. The van der Waals surface area contributed by atoms with Gasteiger partial charge in [0.25, 0.3) is 0 Å². The molecule has 1 aliphatic carbocycles. The third-order valence-electron chi connectivity index (χ3n) is 4.78. The molecule has 98 valence electrons. The molecule has 0 spiro atoms. The van der Waals surface area contributed by atoms with Crippen molar-refractivity contribution >= 4 is 5.78 Å². The van der Waals surface area contributed by atoms with Gasteiger partial charge in [0.1, 0.15) is 0 Å². The van der Waals surface area contributed by atoms with Crippen LogP contribution >= 0.6 is 0 Å². The number of allylic oxidation sites excluding steroid dienone is 2. The first-order valence-corrected chi connectivity index (χ1v) is 7.10. The van der Waals surface area contributed by atoms with E-state index in [1.165, 1.54) is 12.8 Å². The Morgan fingerprint density at radius 3 is 2.53 bits per heavy atom. The Bertz CT molecular complexity index is 288. The number of ketones is 1. The maximum absolute atomic E-state index is 11.6. The van der Waals surface area contributed by atoms with Gasteiger partial charge in [0.15, 0.2) is 5.78 Å². The SMILES string of the molecule is CCCC(=O)C=CC1C(C)CCC(C)C1(C)C. The van der Waals surface area contributed by atoms with Gasteiger partial charge < -0.3 is 0 Å². The molecular formula is C16H28O. The average Bonchev–Trinajstić information content (AvgIpc) is 2.24. The molecule has 3 unspecified atom stereocenters. The van der Waals surface area contributed by atoms with E-state index in [9.17, 15) is 4.79 Å². The minimum Gasteiger partial charge on any atom is -0.295 e. The summed E-state index contributed by atoms with van der Waals surface area (Å²) in [6, 6.07) is 0. The minimum atomic E-state index is 0.286. The molecule has 0 saturated heterocycles. The second kappa shape index (κ2) is 5.84. The zero-order chi connectivity index (χ0) is 13.1. The first-order chi connectivity index (χ1) is 7.89. The lowest BCUT2D eigenvalue weighted by Gasteiger charge is -2.46. The van der Waals surface area contributed by atoms with Gasteiger partial charge in [-0.3, -0.25) is 4.79 Å².